The number of nitrogens with zero attached hydrogens (tertiary/aromatic N) is 1. The lowest BCUT2D eigenvalue weighted by atomic mass is 9.92. The van der Waals surface area contributed by atoms with E-state index < -0.39 is 11.7 Å². The Morgan fingerprint density at radius 3 is 2.41 bits per heavy atom. The molecule has 1 aliphatic carbocycles. The highest BCUT2D eigenvalue weighted by atomic mass is 32.1. The summed E-state index contributed by atoms with van der Waals surface area (Å²) in [6.45, 7) is 4.16. The molecule has 1 N–H and O–H groups in total. The highest BCUT2D eigenvalue weighted by Gasteiger charge is 2.40. The normalized spacial score (nSPS) is 17.5. The standard InChI is InChI=1S/C26H25F3N2O2.H2S/c1-16(19-14-31(15-19)21-8-9-21)30-25(32)18-5-12-23-17(13-18)3-2-4-24(23)33-22-10-6-20(7-11-22)26(27,28)29;/h2-7,10-13,16,19,21H,8-9,14-15H2,1H3,(H,30,32);1H2/t16-;/m0./s1. The van der Waals surface area contributed by atoms with Gasteiger partial charge in [-0.15, -0.1) is 0 Å². The lowest BCUT2D eigenvalue weighted by Crippen LogP contribution is -2.56. The summed E-state index contributed by atoms with van der Waals surface area (Å²) in [6, 6.07) is 16.3. The molecule has 8 heteroatoms. The topological polar surface area (TPSA) is 41.6 Å². The van der Waals surface area contributed by atoms with Crippen molar-refractivity contribution in [1.82, 2.24) is 10.2 Å². The lowest BCUT2D eigenvalue weighted by molar-refractivity contribution is -0.137. The summed E-state index contributed by atoms with van der Waals surface area (Å²) >= 11 is 0. The fraction of sp³-hybridized carbons (Fsp3) is 0.346. The second-order valence-electron chi connectivity index (χ2n) is 9.02. The first-order valence-corrected chi connectivity index (χ1v) is 11.2. The van der Waals surface area contributed by atoms with Gasteiger partial charge in [-0.05, 0) is 73.7 Å². The molecule has 2 aliphatic rings. The van der Waals surface area contributed by atoms with Gasteiger partial charge in [0.05, 0.1) is 5.56 Å². The maximum atomic E-state index is 12.8. The number of carbonyl (C=O) groups excluding carboxylic acids is 1. The number of carbonyl (C=O) groups is 1. The number of ether oxygens (including phenoxy) is 1. The highest BCUT2D eigenvalue weighted by Crippen LogP contribution is 2.35. The molecule has 0 spiro atoms. The van der Waals surface area contributed by atoms with Gasteiger partial charge in [0.2, 0.25) is 0 Å². The van der Waals surface area contributed by atoms with E-state index >= 15 is 0 Å². The van der Waals surface area contributed by atoms with Crippen LogP contribution in [0.1, 0.15) is 35.7 Å². The smallest absolute Gasteiger partial charge is 0.416 e. The Morgan fingerprint density at radius 2 is 1.76 bits per heavy atom. The third kappa shape index (κ3) is 5.18. The molecule has 1 atom stereocenters. The van der Waals surface area contributed by atoms with Crippen LogP contribution < -0.4 is 10.1 Å². The van der Waals surface area contributed by atoms with Gasteiger partial charge >= 0.3 is 6.18 Å². The Morgan fingerprint density at radius 1 is 1.06 bits per heavy atom. The summed E-state index contributed by atoms with van der Waals surface area (Å²) in [4.78, 5) is 15.3. The molecule has 0 aromatic heterocycles. The Hall–Kier alpha value is -2.71. The molecule has 4 nitrogen and oxygen atoms in total. The van der Waals surface area contributed by atoms with E-state index in [1.165, 1.54) is 25.0 Å². The number of fused-ring (bicyclic) bond motifs is 1. The first-order valence-electron chi connectivity index (χ1n) is 11.2. The second-order valence-corrected chi connectivity index (χ2v) is 9.02. The molecule has 1 heterocycles. The molecule has 5 rings (SSSR count). The van der Waals surface area contributed by atoms with E-state index in [1.54, 1.807) is 18.2 Å². The van der Waals surface area contributed by atoms with Crippen molar-refractivity contribution in [2.24, 2.45) is 5.92 Å². The average Bonchev–Trinajstić information content (AvgIpc) is 3.57. The largest absolute Gasteiger partial charge is 0.457 e. The van der Waals surface area contributed by atoms with E-state index in [-0.39, 0.29) is 25.4 Å². The predicted molar refractivity (Wildman–Crippen MR) is 131 cm³/mol. The summed E-state index contributed by atoms with van der Waals surface area (Å²) < 4.78 is 44.2. The zero-order chi connectivity index (χ0) is 23.2. The summed E-state index contributed by atoms with van der Waals surface area (Å²) in [5.41, 5.74) is -0.154. The van der Waals surface area contributed by atoms with Gasteiger partial charge in [0.25, 0.3) is 5.91 Å². The maximum Gasteiger partial charge on any atom is 0.416 e. The van der Waals surface area contributed by atoms with Crippen LogP contribution in [0.3, 0.4) is 0 Å². The van der Waals surface area contributed by atoms with Crippen LogP contribution in [0, 0.1) is 5.92 Å². The van der Waals surface area contributed by atoms with Crippen LogP contribution in [0.5, 0.6) is 11.5 Å². The number of alkyl halides is 3. The van der Waals surface area contributed by atoms with Crippen LogP contribution in [-0.4, -0.2) is 36.0 Å². The molecule has 3 aromatic carbocycles. The molecule has 34 heavy (non-hydrogen) atoms. The third-order valence-electron chi connectivity index (χ3n) is 6.58. The van der Waals surface area contributed by atoms with Crippen molar-refractivity contribution < 1.29 is 22.7 Å². The first-order chi connectivity index (χ1) is 15.8. The Kier molecular flexibility index (Phi) is 6.82. The fourth-order valence-corrected chi connectivity index (χ4v) is 4.33. The van der Waals surface area contributed by atoms with Crippen molar-refractivity contribution >= 4 is 30.2 Å². The van der Waals surface area contributed by atoms with Crippen molar-refractivity contribution in [3.63, 3.8) is 0 Å². The number of hydrogen-bond acceptors (Lipinski definition) is 3. The van der Waals surface area contributed by atoms with E-state index in [2.05, 4.69) is 17.1 Å². The first kappa shape index (κ1) is 24.4. The Balaban J connectivity index is 0.00000274. The van der Waals surface area contributed by atoms with Gasteiger partial charge in [0, 0.05) is 42.0 Å². The fourth-order valence-electron chi connectivity index (χ4n) is 4.33. The van der Waals surface area contributed by atoms with E-state index in [0.717, 1.165) is 42.0 Å². The zero-order valence-electron chi connectivity index (χ0n) is 18.7. The number of benzene rings is 3. The lowest BCUT2D eigenvalue weighted by Gasteiger charge is -2.42. The van der Waals surface area contributed by atoms with Crippen molar-refractivity contribution in [3.8, 4) is 11.5 Å². The van der Waals surface area contributed by atoms with Crippen LogP contribution >= 0.6 is 13.5 Å². The van der Waals surface area contributed by atoms with Gasteiger partial charge < -0.3 is 10.1 Å². The van der Waals surface area contributed by atoms with E-state index in [4.69, 9.17) is 4.74 Å². The number of hydrogen-bond donors (Lipinski definition) is 1. The molecule has 1 saturated carbocycles. The molecular formula is C26H27F3N2O2S. The molecule has 0 unspecified atom stereocenters. The average molecular weight is 489 g/mol. The van der Waals surface area contributed by atoms with Crippen molar-refractivity contribution in [2.45, 2.75) is 38.0 Å². The van der Waals surface area contributed by atoms with Crippen LogP contribution in [-0.2, 0) is 6.18 Å². The van der Waals surface area contributed by atoms with Gasteiger partial charge in [0.1, 0.15) is 11.5 Å². The van der Waals surface area contributed by atoms with Crippen LogP contribution in [0.25, 0.3) is 10.8 Å². The van der Waals surface area contributed by atoms with E-state index in [1.807, 2.05) is 18.2 Å². The monoisotopic (exact) mass is 488 g/mol. The summed E-state index contributed by atoms with van der Waals surface area (Å²) in [5, 5.41) is 4.73. The third-order valence-corrected chi connectivity index (χ3v) is 6.58. The van der Waals surface area contributed by atoms with Crippen LogP contribution in [0.2, 0.25) is 0 Å². The molecule has 2 fully saturated rings. The second kappa shape index (κ2) is 9.50. The van der Waals surface area contributed by atoms with Gasteiger partial charge in [-0.2, -0.15) is 26.7 Å². The van der Waals surface area contributed by atoms with Gasteiger partial charge in [0.15, 0.2) is 0 Å². The molecule has 1 saturated heterocycles. The quantitative estimate of drug-likeness (QED) is 0.464. The summed E-state index contributed by atoms with van der Waals surface area (Å²) in [6.07, 6.45) is -1.79. The summed E-state index contributed by atoms with van der Waals surface area (Å²) in [5.74, 6) is 1.20. The molecule has 180 valence electrons. The Bertz CT molecular complexity index is 1170. The highest BCUT2D eigenvalue weighted by molar-refractivity contribution is 7.59. The minimum Gasteiger partial charge on any atom is -0.457 e. The van der Waals surface area contributed by atoms with Crippen LogP contribution in [0.4, 0.5) is 13.2 Å². The van der Waals surface area contributed by atoms with Crippen molar-refractivity contribution in [1.29, 1.82) is 0 Å². The number of rotatable bonds is 6. The SMILES string of the molecule is C[C@H](NC(=O)c1ccc2c(Oc3ccc(C(F)(F)F)cc3)cccc2c1)C1CN(C2CC2)C1.S. The number of nitrogens with one attached hydrogen (secondary N) is 1. The molecular weight excluding hydrogens is 461 g/mol. The van der Waals surface area contributed by atoms with Crippen molar-refractivity contribution in [3.05, 3.63) is 71.8 Å². The minimum absolute atomic E-state index is 0. The van der Waals surface area contributed by atoms with Gasteiger partial charge in [-0.1, -0.05) is 12.1 Å². The van der Waals surface area contributed by atoms with E-state index in [0.29, 0.717) is 23.0 Å². The number of amides is 1. The van der Waals surface area contributed by atoms with Crippen molar-refractivity contribution in [2.75, 3.05) is 13.1 Å². The minimum atomic E-state index is -4.39. The maximum absolute atomic E-state index is 12.8. The molecule has 0 bridgehead atoms. The Labute approximate surface area is 203 Å². The molecule has 1 amide bonds. The van der Waals surface area contributed by atoms with Crippen LogP contribution in [0.15, 0.2) is 60.7 Å². The molecule has 3 aromatic rings. The molecule has 0 radical (unpaired) electrons. The predicted octanol–water partition coefficient (Wildman–Crippen LogP) is 5.98. The number of halogens is 3. The van der Waals surface area contributed by atoms with Gasteiger partial charge in [-0.3, -0.25) is 9.69 Å². The van der Waals surface area contributed by atoms with E-state index in [9.17, 15) is 18.0 Å². The van der Waals surface area contributed by atoms with Gasteiger partial charge in [-0.25, -0.2) is 0 Å². The summed E-state index contributed by atoms with van der Waals surface area (Å²) in [7, 11) is 0. The number of likely N-dealkylation sites (tertiary alicyclic amines) is 1. The molecule has 1 aliphatic heterocycles. The zero-order valence-corrected chi connectivity index (χ0v) is 19.7.